The minimum Gasteiger partial charge on any atom is -0.420 e. The second kappa shape index (κ2) is 16.0. The molecule has 0 bridgehead atoms. The maximum absolute atomic E-state index is 14.2. The molecular formula is C39H36F4N2O5. The number of hydrogen-bond acceptors (Lipinski definition) is 5. The van der Waals surface area contributed by atoms with Crippen molar-refractivity contribution in [3.63, 3.8) is 0 Å². The van der Waals surface area contributed by atoms with Crippen LogP contribution in [0.5, 0.6) is 5.75 Å². The van der Waals surface area contributed by atoms with Crippen LogP contribution in [0.1, 0.15) is 55.1 Å². The van der Waals surface area contributed by atoms with Gasteiger partial charge in [0.15, 0.2) is 11.6 Å². The summed E-state index contributed by atoms with van der Waals surface area (Å²) in [5, 5.41) is 24.6. The summed E-state index contributed by atoms with van der Waals surface area (Å²) in [5.41, 5.74) is 4.28. The Morgan fingerprint density at radius 3 is 1.98 bits per heavy atom. The van der Waals surface area contributed by atoms with Crippen LogP contribution < -0.4 is 10.1 Å². The topological polar surface area (TPSA) is 101 Å². The summed E-state index contributed by atoms with van der Waals surface area (Å²) in [5.74, 6) is -7.28. The third-order valence-corrected chi connectivity index (χ3v) is 8.10. The first kappa shape index (κ1) is 36.0. The number of rotatable bonds is 13. The van der Waals surface area contributed by atoms with Gasteiger partial charge in [-0.2, -0.15) is 0 Å². The highest BCUT2D eigenvalue weighted by Gasteiger charge is 2.31. The Balaban J connectivity index is 1.46. The molecule has 5 rings (SSSR count). The van der Waals surface area contributed by atoms with Crippen LogP contribution >= 0.6 is 0 Å². The van der Waals surface area contributed by atoms with Gasteiger partial charge in [0.25, 0.3) is 5.91 Å². The second-order valence-electron chi connectivity index (χ2n) is 12.2. The molecule has 260 valence electrons. The first-order chi connectivity index (χ1) is 23.9. The van der Waals surface area contributed by atoms with Crippen molar-refractivity contribution in [1.29, 1.82) is 0 Å². The van der Waals surface area contributed by atoms with E-state index in [1.165, 1.54) is 12.1 Å². The Bertz CT molecular complexity index is 1920. The Morgan fingerprint density at radius 2 is 1.38 bits per heavy atom. The smallest absolute Gasteiger partial charge is 0.314 e. The van der Waals surface area contributed by atoms with Gasteiger partial charge in [-0.15, -0.1) is 0 Å². The van der Waals surface area contributed by atoms with Crippen molar-refractivity contribution in [2.75, 3.05) is 5.32 Å². The molecule has 1 aromatic heterocycles. The van der Waals surface area contributed by atoms with E-state index in [0.717, 1.165) is 5.56 Å². The number of aliphatic hydroxyl groups excluding tert-OH is 2. The summed E-state index contributed by atoms with van der Waals surface area (Å²) >= 11 is 0. The Kier molecular flexibility index (Phi) is 11.5. The molecule has 1 heterocycles. The average Bonchev–Trinajstić information content (AvgIpc) is 3.42. The summed E-state index contributed by atoms with van der Waals surface area (Å²) in [6.45, 7) is 4.03. The van der Waals surface area contributed by atoms with Gasteiger partial charge < -0.3 is 24.8 Å². The third kappa shape index (κ3) is 8.47. The lowest BCUT2D eigenvalue weighted by Gasteiger charge is -2.20. The molecule has 1 amide bonds. The van der Waals surface area contributed by atoms with Gasteiger partial charge in [-0.25, -0.2) is 17.6 Å². The van der Waals surface area contributed by atoms with Crippen LogP contribution in [-0.2, 0) is 11.3 Å². The average molecular weight is 689 g/mol. The first-order valence-electron chi connectivity index (χ1n) is 16.1. The molecular weight excluding hydrogens is 652 g/mol. The number of anilines is 1. The zero-order valence-corrected chi connectivity index (χ0v) is 27.4. The summed E-state index contributed by atoms with van der Waals surface area (Å²) in [4.78, 5) is 26.5. The number of nitrogens with one attached hydrogen (secondary N) is 1. The zero-order chi connectivity index (χ0) is 35.9. The Morgan fingerprint density at radius 1 is 0.780 bits per heavy atom. The summed E-state index contributed by atoms with van der Waals surface area (Å²) < 4.78 is 61.8. The Hall–Kier alpha value is -5.26. The van der Waals surface area contributed by atoms with Gasteiger partial charge in [-0.1, -0.05) is 62.4 Å². The van der Waals surface area contributed by atoms with E-state index in [1.54, 1.807) is 36.4 Å². The standard InChI is InChI=1S/C39H36F4N2O5/c1-23(2)36-35(39(49)44-28-11-7-4-8-12-28)34(24-9-5-3-6-10-24)37(25-13-15-26(40)16-14-25)45(36)18-17-29(46)21-30(47)22-33(48)50-38-31(42)19-27(41)20-32(38)43/h3-16,19-20,23,29-30,46-47H,17-18,21-22H2,1-2H3,(H,44,49). The van der Waals surface area contributed by atoms with E-state index >= 15 is 0 Å². The minimum atomic E-state index is -1.44. The predicted molar refractivity (Wildman–Crippen MR) is 182 cm³/mol. The van der Waals surface area contributed by atoms with Crippen molar-refractivity contribution in [2.45, 2.75) is 57.8 Å². The second-order valence-corrected chi connectivity index (χ2v) is 12.2. The van der Waals surface area contributed by atoms with Crippen LogP contribution in [-0.4, -0.2) is 38.9 Å². The number of esters is 1. The van der Waals surface area contributed by atoms with Gasteiger partial charge in [-0.05, 0) is 66.3 Å². The van der Waals surface area contributed by atoms with Gasteiger partial charge in [0, 0.05) is 35.6 Å². The number of amides is 1. The van der Waals surface area contributed by atoms with Crippen LogP contribution in [0.15, 0.2) is 97.1 Å². The highest BCUT2D eigenvalue weighted by molar-refractivity contribution is 6.12. The van der Waals surface area contributed by atoms with Gasteiger partial charge >= 0.3 is 5.97 Å². The molecule has 0 fully saturated rings. The van der Waals surface area contributed by atoms with E-state index < -0.39 is 53.6 Å². The fourth-order valence-corrected chi connectivity index (χ4v) is 5.98. The monoisotopic (exact) mass is 688 g/mol. The summed E-state index contributed by atoms with van der Waals surface area (Å²) in [6, 6.07) is 24.9. The number of halogens is 4. The lowest BCUT2D eigenvalue weighted by Crippen LogP contribution is -2.24. The fourth-order valence-electron chi connectivity index (χ4n) is 5.98. The number of nitrogens with zero attached hydrogens (tertiary/aromatic N) is 1. The number of carbonyl (C=O) groups is 2. The van der Waals surface area contributed by atoms with Crippen molar-refractivity contribution in [2.24, 2.45) is 0 Å². The fraction of sp³-hybridized carbons (Fsp3) is 0.231. The van der Waals surface area contributed by atoms with Crippen LogP contribution in [0.4, 0.5) is 23.2 Å². The molecule has 0 saturated heterocycles. The molecule has 0 aliphatic heterocycles. The first-order valence-corrected chi connectivity index (χ1v) is 16.1. The van der Waals surface area contributed by atoms with Crippen molar-refractivity contribution >= 4 is 17.6 Å². The summed E-state index contributed by atoms with van der Waals surface area (Å²) in [6.07, 6.45) is -3.54. The molecule has 3 N–H and O–H groups in total. The van der Waals surface area contributed by atoms with Crippen LogP contribution in [0.25, 0.3) is 22.4 Å². The lowest BCUT2D eigenvalue weighted by molar-refractivity contribution is -0.137. The van der Waals surface area contributed by atoms with Gasteiger partial charge in [-0.3, -0.25) is 9.59 Å². The molecule has 50 heavy (non-hydrogen) atoms. The molecule has 4 aromatic carbocycles. The van der Waals surface area contributed by atoms with E-state index in [-0.39, 0.29) is 31.2 Å². The number of para-hydroxylation sites is 1. The maximum atomic E-state index is 14.2. The van der Waals surface area contributed by atoms with Crippen LogP contribution in [0.3, 0.4) is 0 Å². The number of benzene rings is 4. The number of hydrogen-bond donors (Lipinski definition) is 3. The minimum absolute atomic E-state index is 0.0594. The van der Waals surface area contributed by atoms with Gasteiger partial charge in [0.05, 0.1) is 29.9 Å². The van der Waals surface area contributed by atoms with E-state index in [1.807, 2.05) is 54.8 Å². The highest BCUT2D eigenvalue weighted by atomic mass is 19.1. The molecule has 2 atom stereocenters. The van der Waals surface area contributed by atoms with Crippen molar-refractivity contribution in [3.8, 4) is 28.1 Å². The summed E-state index contributed by atoms with van der Waals surface area (Å²) in [7, 11) is 0. The molecule has 0 aliphatic rings. The van der Waals surface area contributed by atoms with Crippen molar-refractivity contribution in [3.05, 3.63) is 132 Å². The Labute approximate surface area is 286 Å². The highest BCUT2D eigenvalue weighted by Crippen LogP contribution is 2.42. The maximum Gasteiger partial charge on any atom is 0.314 e. The van der Waals surface area contributed by atoms with E-state index in [2.05, 4.69) is 10.1 Å². The molecule has 0 radical (unpaired) electrons. The van der Waals surface area contributed by atoms with E-state index in [9.17, 15) is 37.4 Å². The molecule has 0 aliphatic carbocycles. The van der Waals surface area contributed by atoms with Crippen LogP contribution in [0.2, 0.25) is 0 Å². The van der Waals surface area contributed by atoms with Crippen molar-refractivity contribution in [1.82, 2.24) is 4.57 Å². The molecule has 2 unspecified atom stereocenters. The zero-order valence-electron chi connectivity index (χ0n) is 27.4. The van der Waals surface area contributed by atoms with E-state index in [4.69, 9.17) is 0 Å². The van der Waals surface area contributed by atoms with E-state index in [0.29, 0.717) is 45.9 Å². The normalized spacial score (nSPS) is 12.5. The molecule has 0 saturated carbocycles. The van der Waals surface area contributed by atoms with Gasteiger partial charge in [0.2, 0.25) is 5.75 Å². The third-order valence-electron chi connectivity index (χ3n) is 8.10. The number of aliphatic hydroxyl groups is 2. The van der Waals surface area contributed by atoms with Crippen molar-refractivity contribution < 1.29 is 42.1 Å². The number of ether oxygens (including phenoxy) is 1. The van der Waals surface area contributed by atoms with Gasteiger partial charge in [0.1, 0.15) is 11.6 Å². The lowest BCUT2D eigenvalue weighted by atomic mass is 9.94. The SMILES string of the molecule is CC(C)c1c(C(=O)Nc2ccccc2)c(-c2ccccc2)c(-c2ccc(F)cc2)n1CCC(O)CC(O)CC(=O)Oc1c(F)cc(F)cc1F. The molecule has 5 aromatic rings. The quantitative estimate of drug-likeness (QED) is 0.0657. The van der Waals surface area contributed by atoms with Crippen LogP contribution in [0, 0.1) is 23.3 Å². The molecule has 11 heteroatoms. The molecule has 7 nitrogen and oxygen atoms in total. The molecule has 0 spiro atoms. The predicted octanol–water partition coefficient (Wildman–Crippen LogP) is 8.25. The number of aromatic nitrogens is 1. The largest absolute Gasteiger partial charge is 0.420 e. The number of carbonyl (C=O) groups excluding carboxylic acids is 2.